The molecule has 0 saturated carbocycles. The first-order valence-electron chi connectivity index (χ1n) is 6.77. The van der Waals surface area contributed by atoms with Gasteiger partial charge in [0, 0.05) is 10.9 Å². The van der Waals surface area contributed by atoms with Gasteiger partial charge in [0.25, 0.3) is 0 Å². The SMILES string of the molecule is Cc1cc(OCC2Cc3ccccc3O2)cc(C)c1Br. The van der Waals surface area contributed by atoms with E-state index in [4.69, 9.17) is 9.47 Å². The fourth-order valence-electron chi connectivity index (χ4n) is 2.53. The van der Waals surface area contributed by atoms with Crippen LogP contribution in [0.2, 0.25) is 0 Å². The summed E-state index contributed by atoms with van der Waals surface area (Å²) < 4.78 is 12.9. The van der Waals surface area contributed by atoms with E-state index in [1.54, 1.807) is 0 Å². The summed E-state index contributed by atoms with van der Waals surface area (Å²) in [6.45, 7) is 4.73. The Morgan fingerprint density at radius 2 is 1.90 bits per heavy atom. The first-order valence-corrected chi connectivity index (χ1v) is 7.57. The normalized spacial score (nSPS) is 16.6. The second kappa shape index (κ2) is 5.49. The highest BCUT2D eigenvalue weighted by Crippen LogP contribution is 2.30. The van der Waals surface area contributed by atoms with E-state index in [0.717, 1.165) is 22.4 Å². The molecule has 20 heavy (non-hydrogen) atoms. The first-order chi connectivity index (χ1) is 9.63. The van der Waals surface area contributed by atoms with Gasteiger partial charge in [0.2, 0.25) is 0 Å². The highest BCUT2D eigenvalue weighted by Gasteiger charge is 2.22. The molecule has 2 aromatic rings. The number of para-hydroxylation sites is 1. The number of hydrogen-bond donors (Lipinski definition) is 0. The third kappa shape index (κ3) is 2.68. The van der Waals surface area contributed by atoms with E-state index in [2.05, 4.69) is 48.0 Å². The highest BCUT2D eigenvalue weighted by atomic mass is 79.9. The van der Waals surface area contributed by atoms with Crippen LogP contribution in [0.4, 0.5) is 0 Å². The van der Waals surface area contributed by atoms with E-state index in [0.29, 0.717) is 6.61 Å². The molecule has 3 heteroatoms. The topological polar surface area (TPSA) is 18.5 Å². The summed E-state index contributed by atoms with van der Waals surface area (Å²) in [4.78, 5) is 0. The summed E-state index contributed by atoms with van der Waals surface area (Å²) in [6, 6.07) is 12.3. The van der Waals surface area contributed by atoms with Gasteiger partial charge in [-0.3, -0.25) is 0 Å². The number of hydrogen-bond acceptors (Lipinski definition) is 2. The summed E-state index contributed by atoms with van der Waals surface area (Å²) in [5.74, 6) is 1.90. The Kier molecular flexibility index (Phi) is 3.70. The van der Waals surface area contributed by atoms with Crippen LogP contribution in [0.5, 0.6) is 11.5 Å². The number of benzene rings is 2. The van der Waals surface area contributed by atoms with Crippen molar-refractivity contribution in [3.63, 3.8) is 0 Å². The Hall–Kier alpha value is -1.48. The molecule has 1 aliphatic rings. The largest absolute Gasteiger partial charge is 0.490 e. The second-order valence-corrected chi connectivity index (χ2v) is 6.03. The lowest BCUT2D eigenvalue weighted by atomic mass is 10.1. The minimum Gasteiger partial charge on any atom is -0.490 e. The van der Waals surface area contributed by atoms with Gasteiger partial charge < -0.3 is 9.47 Å². The number of fused-ring (bicyclic) bond motifs is 1. The third-order valence-corrected chi connectivity index (χ3v) is 4.81. The van der Waals surface area contributed by atoms with Gasteiger partial charge in [0.1, 0.15) is 24.2 Å². The van der Waals surface area contributed by atoms with Crippen molar-refractivity contribution < 1.29 is 9.47 Å². The van der Waals surface area contributed by atoms with Crippen LogP contribution in [0.25, 0.3) is 0 Å². The quantitative estimate of drug-likeness (QED) is 0.826. The average molecular weight is 333 g/mol. The molecule has 0 amide bonds. The molecule has 0 spiro atoms. The van der Waals surface area contributed by atoms with Crippen LogP contribution in [-0.4, -0.2) is 12.7 Å². The maximum Gasteiger partial charge on any atom is 0.137 e. The lowest BCUT2D eigenvalue weighted by molar-refractivity contribution is 0.148. The fraction of sp³-hybridized carbons (Fsp3) is 0.294. The molecular formula is C17H17BrO2. The predicted molar refractivity (Wildman–Crippen MR) is 83.7 cm³/mol. The Morgan fingerprint density at radius 3 is 2.60 bits per heavy atom. The number of rotatable bonds is 3. The van der Waals surface area contributed by atoms with Crippen molar-refractivity contribution in [2.75, 3.05) is 6.61 Å². The zero-order valence-electron chi connectivity index (χ0n) is 11.7. The maximum absolute atomic E-state index is 5.89. The average Bonchev–Trinajstić information content (AvgIpc) is 2.85. The third-order valence-electron chi connectivity index (χ3n) is 3.56. The van der Waals surface area contributed by atoms with Gasteiger partial charge in [-0.15, -0.1) is 0 Å². The van der Waals surface area contributed by atoms with Gasteiger partial charge in [-0.05, 0) is 48.7 Å². The Balaban J connectivity index is 1.64. The minimum atomic E-state index is 0.108. The summed E-state index contributed by atoms with van der Waals surface area (Å²) in [6.07, 6.45) is 1.03. The van der Waals surface area contributed by atoms with E-state index >= 15 is 0 Å². The number of halogens is 1. The molecule has 104 valence electrons. The second-order valence-electron chi connectivity index (χ2n) is 5.23. The Labute approximate surface area is 127 Å². The van der Waals surface area contributed by atoms with Crippen LogP contribution in [-0.2, 0) is 6.42 Å². The molecule has 1 atom stereocenters. The van der Waals surface area contributed by atoms with E-state index in [-0.39, 0.29) is 6.10 Å². The van der Waals surface area contributed by atoms with Crippen LogP contribution < -0.4 is 9.47 Å². The van der Waals surface area contributed by atoms with Gasteiger partial charge in [0.15, 0.2) is 0 Å². The molecule has 1 unspecified atom stereocenters. The lowest BCUT2D eigenvalue weighted by Gasteiger charge is -2.14. The van der Waals surface area contributed by atoms with Gasteiger partial charge in [-0.25, -0.2) is 0 Å². The number of aryl methyl sites for hydroxylation is 2. The zero-order chi connectivity index (χ0) is 14.1. The molecule has 1 aliphatic heterocycles. The molecular weight excluding hydrogens is 316 g/mol. The van der Waals surface area contributed by atoms with Crippen molar-refractivity contribution in [3.8, 4) is 11.5 Å². The van der Waals surface area contributed by atoms with Crippen molar-refractivity contribution >= 4 is 15.9 Å². The molecule has 2 aromatic carbocycles. The van der Waals surface area contributed by atoms with Crippen LogP contribution in [0, 0.1) is 13.8 Å². The fourth-order valence-corrected chi connectivity index (χ4v) is 2.75. The monoisotopic (exact) mass is 332 g/mol. The van der Waals surface area contributed by atoms with E-state index in [1.165, 1.54) is 16.7 Å². The van der Waals surface area contributed by atoms with Crippen LogP contribution in [0.15, 0.2) is 40.9 Å². The van der Waals surface area contributed by atoms with Gasteiger partial charge in [0.05, 0.1) is 0 Å². The summed E-state index contributed by atoms with van der Waals surface area (Å²) in [5.41, 5.74) is 3.65. The smallest absolute Gasteiger partial charge is 0.137 e. The molecule has 0 saturated heterocycles. The molecule has 2 nitrogen and oxygen atoms in total. The van der Waals surface area contributed by atoms with E-state index in [9.17, 15) is 0 Å². The Bertz CT molecular complexity index is 589. The van der Waals surface area contributed by atoms with Crippen molar-refractivity contribution in [2.24, 2.45) is 0 Å². The van der Waals surface area contributed by atoms with Crippen LogP contribution in [0.3, 0.4) is 0 Å². The molecule has 3 rings (SSSR count). The van der Waals surface area contributed by atoms with Crippen molar-refractivity contribution in [3.05, 3.63) is 57.6 Å². The van der Waals surface area contributed by atoms with Crippen molar-refractivity contribution in [1.29, 1.82) is 0 Å². The molecule has 0 fully saturated rings. The first kappa shape index (κ1) is 13.5. The van der Waals surface area contributed by atoms with Crippen LogP contribution in [0.1, 0.15) is 16.7 Å². The number of ether oxygens (including phenoxy) is 2. The highest BCUT2D eigenvalue weighted by molar-refractivity contribution is 9.10. The Morgan fingerprint density at radius 1 is 1.20 bits per heavy atom. The molecule has 0 aliphatic carbocycles. The maximum atomic E-state index is 5.89. The van der Waals surface area contributed by atoms with Crippen molar-refractivity contribution in [1.82, 2.24) is 0 Å². The van der Waals surface area contributed by atoms with Gasteiger partial charge in [-0.2, -0.15) is 0 Å². The molecule has 0 N–H and O–H groups in total. The van der Waals surface area contributed by atoms with Crippen LogP contribution >= 0.6 is 15.9 Å². The summed E-state index contributed by atoms with van der Waals surface area (Å²) in [7, 11) is 0. The standard InChI is InChI=1S/C17H17BrO2/c1-11-7-14(8-12(2)17(11)18)19-10-15-9-13-5-3-4-6-16(13)20-15/h3-8,15H,9-10H2,1-2H3. The lowest BCUT2D eigenvalue weighted by Crippen LogP contribution is -2.22. The molecule has 0 radical (unpaired) electrons. The van der Waals surface area contributed by atoms with E-state index < -0.39 is 0 Å². The van der Waals surface area contributed by atoms with Gasteiger partial charge >= 0.3 is 0 Å². The minimum absolute atomic E-state index is 0.108. The molecule has 0 bridgehead atoms. The van der Waals surface area contributed by atoms with E-state index in [1.807, 2.05) is 18.2 Å². The molecule has 1 heterocycles. The van der Waals surface area contributed by atoms with Gasteiger partial charge in [-0.1, -0.05) is 34.1 Å². The zero-order valence-corrected chi connectivity index (χ0v) is 13.2. The summed E-state index contributed by atoms with van der Waals surface area (Å²) in [5, 5.41) is 0. The predicted octanol–water partition coefficient (Wildman–Crippen LogP) is 4.45. The summed E-state index contributed by atoms with van der Waals surface area (Å²) >= 11 is 3.57. The molecule has 0 aromatic heterocycles. The van der Waals surface area contributed by atoms with Crippen molar-refractivity contribution in [2.45, 2.75) is 26.4 Å².